The Morgan fingerprint density at radius 1 is 1.47 bits per heavy atom. The Hall–Kier alpha value is -1.07. The van der Waals surface area contributed by atoms with Crippen molar-refractivity contribution in [3.8, 4) is 0 Å². The number of halogens is 1. The average Bonchev–Trinajstić information content (AvgIpc) is 2.83. The zero-order valence-electron chi connectivity index (χ0n) is 10.9. The smallest absolute Gasteiger partial charge is 0.153 e. The summed E-state index contributed by atoms with van der Waals surface area (Å²) in [5.74, 6) is 0.464. The van der Waals surface area contributed by atoms with Gasteiger partial charge in [-0.2, -0.15) is 0 Å². The summed E-state index contributed by atoms with van der Waals surface area (Å²) in [6.07, 6.45) is 1.17. The summed E-state index contributed by atoms with van der Waals surface area (Å²) in [5.41, 5.74) is 4.92. The Bertz CT molecular complexity index is 555. The minimum Gasteiger partial charge on any atom is -0.456 e. The molecule has 104 valence electrons. The van der Waals surface area contributed by atoms with E-state index in [1.165, 1.54) is 0 Å². The molecule has 0 spiro atoms. The Balaban J connectivity index is 2.41. The summed E-state index contributed by atoms with van der Waals surface area (Å²) in [6, 6.07) is 7.30. The van der Waals surface area contributed by atoms with E-state index in [0.717, 1.165) is 5.39 Å². The number of fused-ring (bicyclic) bond motifs is 1. The minimum atomic E-state index is -1.17. The van der Waals surface area contributed by atoms with Gasteiger partial charge in [0.15, 0.2) is 5.58 Å². The number of ether oxygens (including phenoxy) is 1. The first-order chi connectivity index (χ1) is 9.10. The lowest BCUT2D eigenvalue weighted by molar-refractivity contribution is -0.0567. The zero-order chi connectivity index (χ0) is 13.9. The maximum Gasteiger partial charge on any atom is 0.153 e. The van der Waals surface area contributed by atoms with E-state index in [1.54, 1.807) is 19.2 Å². The molecule has 0 amide bonds. The number of hydrogen-bond acceptors (Lipinski definition) is 4. The molecular formula is C14H18ClNO3. The van der Waals surface area contributed by atoms with Crippen LogP contribution in [0, 0.1) is 0 Å². The van der Waals surface area contributed by atoms with E-state index in [-0.39, 0.29) is 6.61 Å². The highest BCUT2D eigenvalue weighted by molar-refractivity contribution is 6.34. The Labute approximate surface area is 117 Å². The predicted molar refractivity (Wildman–Crippen MR) is 75.3 cm³/mol. The van der Waals surface area contributed by atoms with Crippen LogP contribution in [0.4, 0.5) is 0 Å². The summed E-state index contributed by atoms with van der Waals surface area (Å²) < 4.78 is 10.8. The van der Waals surface area contributed by atoms with Gasteiger partial charge in [0, 0.05) is 12.5 Å². The number of rotatable bonds is 6. The van der Waals surface area contributed by atoms with Gasteiger partial charge in [-0.1, -0.05) is 23.7 Å². The summed E-state index contributed by atoms with van der Waals surface area (Å²) >= 11 is 6.08. The van der Waals surface area contributed by atoms with E-state index in [1.807, 2.05) is 12.1 Å². The Morgan fingerprint density at radius 3 is 2.89 bits per heavy atom. The molecule has 5 heteroatoms. The fourth-order valence-electron chi connectivity index (χ4n) is 2.16. The lowest BCUT2D eigenvalue weighted by Gasteiger charge is -2.24. The van der Waals surface area contributed by atoms with Crippen LogP contribution in [-0.2, 0) is 10.3 Å². The fraction of sp³-hybridized carbons (Fsp3) is 0.429. The molecule has 0 radical (unpaired) electrons. The molecule has 1 atom stereocenters. The molecule has 0 fully saturated rings. The van der Waals surface area contributed by atoms with Gasteiger partial charge in [0.2, 0.25) is 0 Å². The molecule has 0 bridgehead atoms. The van der Waals surface area contributed by atoms with Crippen molar-refractivity contribution in [3.63, 3.8) is 0 Å². The second-order valence-electron chi connectivity index (χ2n) is 4.63. The number of methoxy groups -OCH3 is 1. The molecule has 1 aromatic heterocycles. The van der Waals surface area contributed by atoms with Crippen molar-refractivity contribution in [1.82, 2.24) is 0 Å². The average molecular weight is 284 g/mol. The predicted octanol–water partition coefficient (Wildman–Crippen LogP) is 2.66. The largest absolute Gasteiger partial charge is 0.456 e. The van der Waals surface area contributed by atoms with Crippen LogP contribution in [0.25, 0.3) is 11.0 Å². The highest BCUT2D eigenvalue weighted by Gasteiger charge is 2.33. The molecule has 0 aliphatic rings. The molecule has 19 heavy (non-hydrogen) atoms. The topological polar surface area (TPSA) is 68.6 Å². The van der Waals surface area contributed by atoms with Crippen LogP contribution in [0.2, 0.25) is 5.02 Å². The standard InChI is InChI=1S/C14H18ClNO3/c1-18-9-14(17,6-3-7-16)12-8-10-4-2-5-11(15)13(10)19-12/h2,4-5,8,17H,3,6-7,9,16H2,1H3. The van der Waals surface area contributed by atoms with Crippen molar-refractivity contribution >= 4 is 22.6 Å². The normalized spacial score (nSPS) is 14.7. The second kappa shape index (κ2) is 5.92. The monoisotopic (exact) mass is 283 g/mol. The van der Waals surface area contributed by atoms with Gasteiger partial charge in [-0.05, 0) is 31.5 Å². The molecule has 1 unspecified atom stereocenters. The zero-order valence-corrected chi connectivity index (χ0v) is 11.6. The molecule has 1 aromatic carbocycles. The van der Waals surface area contributed by atoms with Gasteiger partial charge in [-0.3, -0.25) is 0 Å². The molecule has 2 aromatic rings. The van der Waals surface area contributed by atoms with Gasteiger partial charge >= 0.3 is 0 Å². The first kappa shape index (κ1) is 14.3. The lowest BCUT2D eigenvalue weighted by atomic mass is 9.95. The van der Waals surface area contributed by atoms with Crippen LogP contribution in [0.3, 0.4) is 0 Å². The molecule has 0 aliphatic carbocycles. The van der Waals surface area contributed by atoms with Gasteiger partial charge in [-0.25, -0.2) is 0 Å². The Kier molecular flexibility index (Phi) is 4.47. The van der Waals surface area contributed by atoms with Gasteiger partial charge in [0.25, 0.3) is 0 Å². The summed E-state index contributed by atoms with van der Waals surface area (Å²) in [5, 5.41) is 12.1. The van der Waals surface area contributed by atoms with Crippen LogP contribution in [-0.4, -0.2) is 25.4 Å². The van der Waals surface area contributed by atoms with Crippen molar-refractivity contribution in [1.29, 1.82) is 0 Å². The highest BCUT2D eigenvalue weighted by Crippen LogP contribution is 2.34. The van der Waals surface area contributed by atoms with Crippen molar-refractivity contribution < 1.29 is 14.3 Å². The van der Waals surface area contributed by atoms with Crippen LogP contribution in [0.15, 0.2) is 28.7 Å². The van der Waals surface area contributed by atoms with E-state index in [2.05, 4.69) is 0 Å². The fourth-order valence-corrected chi connectivity index (χ4v) is 2.38. The number of benzene rings is 1. The maximum absolute atomic E-state index is 10.7. The number of furan rings is 1. The first-order valence-corrected chi connectivity index (χ1v) is 6.58. The summed E-state index contributed by atoms with van der Waals surface area (Å²) in [7, 11) is 1.54. The summed E-state index contributed by atoms with van der Waals surface area (Å²) in [4.78, 5) is 0. The molecule has 3 N–H and O–H groups in total. The first-order valence-electron chi connectivity index (χ1n) is 6.20. The number of aliphatic hydroxyl groups is 1. The van der Waals surface area contributed by atoms with E-state index in [4.69, 9.17) is 26.5 Å². The van der Waals surface area contributed by atoms with Gasteiger partial charge in [0.05, 0.1) is 11.6 Å². The van der Waals surface area contributed by atoms with Crippen LogP contribution in [0.1, 0.15) is 18.6 Å². The van der Waals surface area contributed by atoms with Crippen molar-refractivity contribution in [2.24, 2.45) is 5.73 Å². The van der Waals surface area contributed by atoms with Crippen LogP contribution < -0.4 is 5.73 Å². The minimum absolute atomic E-state index is 0.157. The van der Waals surface area contributed by atoms with Crippen LogP contribution >= 0.6 is 11.6 Å². The molecule has 0 aliphatic heterocycles. The van der Waals surface area contributed by atoms with Crippen molar-refractivity contribution in [2.45, 2.75) is 18.4 Å². The Morgan fingerprint density at radius 2 is 2.26 bits per heavy atom. The molecule has 0 saturated heterocycles. The van der Waals surface area contributed by atoms with E-state index >= 15 is 0 Å². The SMILES string of the molecule is COCC(O)(CCCN)c1cc2cccc(Cl)c2o1. The molecular weight excluding hydrogens is 266 g/mol. The second-order valence-corrected chi connectivity index (χ2v) is 5.03. The highest BCUT2D eigenvalue weighted by atomic mass is 35.5. The molecule has 0 saturated carbocycles. The van der Waals surface area contributed by atoms with Crippen molar-refractivity contribution in [2.75, 3.05) is 20.3 Å². The number of para-hydroxylation sites is 1. The van der Waals surface area contributed by atoms with Gasteiger partial charge < -0.3 is 20.0 Å². The third-order valence-electron chi connectivity index (χ3n) is 3.13. The third-order valence-corrected chi connectivity index (χ3v) is 3.43. The summed E-state index contributed by atoms with van der Waals surface area (Å²) in [6.45, 7) is 0.664. The van der Waals surface area contributed by atoms with E-state index < -0.39 is 5.60 Å². The molecule has 4 nitrogen and oxygen atoms in total. The van der Waals surface area contributed by atoms with E-state index in [0.29, 0.717) is 35.8 Å². The van der Waals surface area contributed by atoms with Gasteiger partial charge in [-0.15, -0.1) is 0 Å². The number of hydrogen-bond donors (Lipinski definition) is 2. The molecule has 2 rings (SSSR count). The third kappa shape index (κ3) is 2.92. The van der Waals surface area contributed by atoms with Gasteiger partial charge in [0.1, 0.15) is 11.4 Å². The van der Waals surface area contributed by atoms with Crippen molar-refractivity contribution in [3.05, 3.63) is 35.0 Å². The quantitative estimate of drug-likeness (QED) is 0.855. The maximum atomic E-state index is 10.7. The molecule has 1 heterocycles. The van der Waals surface area contributed by atoms with E-state index in [9.17, 15) is 5.11 Å². The van der Waals surface area contributed by atoms with Crippen LogP contribution in [0.5, 0.6) is 0 Å². The lowest BCUT2D eigenvalue weighted by Crippen LogP contribution is -2.31. The number of nitrogens with two attached hydrogens (primary N) is 1.